The third-order valence-electron chi connectivity index (χ3n) is 0.973. The molecule has 0 aliphatic carbocycles. The molecule has 0 spiro atoms. The predicted octanol–water partition coefficient (Wildman–Crippen LogP) is -0.252. The van der Waals surface area contributed by atoms with Crippen LogP contribution in [0.4, 0.5) is 0 Å². The van der Waals surface area contributed by atoms with Gasteiger partial charge in [-0.15, -0.1) is 0 Å². The van der Waals surface area contributed by atoms with Crippen molar-refractivity contribution in [2.45, 2.75) is 19.1 Å². The first-order chi connectivity index (χ1) is 4.18. The van der Waals surface area contributed by atoms with Crippen LogP contribution in [0.3, 0.4) is 0 Å². The van der Waals surface area contributed by atoms with E-state index in [-0.39, 0.29) is 6.47 Å². The lowest BCUT2D eigenvalue weighted by molar-refractivity contribution is -0.138. The first-order valence-corrected chi connectivity index (χ1v) is 2.50. The van der Waals surface area contributed by atoms with Crippen LogP contribution in [-0.4, -0.2) is 12.2 Å². The van der Waals surface area contributed by atoms with Crippen LogP contribution in [0.25, 0.3) is 0 Å². The topological polar surface area (TPSA) is 76.1 Å². The van der Waals surface area contributed by atoms with Crippen molar-refractivity contribution in [2.24, 2.45) is 5.73 Å². The second-order valence-electron chi connectivity index (χ2n) is 1.57. The molecule has 0 radical (unpaired) electrons. The summed E-state index contributed by atoms with van der Waals surface area (Å²) in [6.07, 6.45) is 0.294. The van der Waals surface area contributed by atoms with E-state index in [1.807, 2.05) is 0 Å². The maximum atomic E-state index is 9.68. The van der Waals surface area contributed by atoms with Crippen molar-refractivity contribution >= 4 is 6.47 Å². The van der Waals surface area contributed by atoms with Crippen molar-refractivity contribution in [3.8, 4) is 6.07 Å². The van der Waals surface area contributed by atoms with Gasteiger partial charge in [0.15, 0.2) is 0 Å². The first-order valence-electron chi connectivity index (χ1n) is 2.50. The Balaban J connectivity index is 3.96. The van der Waals surface area contributed by atoms with Gasteiger partial charge in [-0.1, -0.05) is 6.92 Å². The van der Waals surface area contributed by atoms with Gasteiger partial charge in [0.1, 0.15) is 6.07 Å². The number of nitriles is 1. The second kappa shape index (κ2) is 3.05. The summed E-state index contributed by atoms with van der Waals surface area (Å²) in [5, 5.41) is 8.26. The van der Waals surface area contributed by atoms with Crippen molar-refractivity contribution in [3.63, 3.8) is 0 Å². The molecule has 4 nitrogen and oxygen atoms in total. The largest absolute Gasteiger partial charge is 0.433 e. The van der Waals surface area contributed by atoms with Gasteiger partial charge in [-0.25, -0.2) is 0 Å². The highest BCUT2D eigenvalue weighted by Gasteiger charge is 2.22. The molecule has 0 rings (SSSR count). The van der Waals surface area contributed by atoms with Crippen LogP contribution in [0.2, 0.25) is 0 Å². The third-order valence-corrected chi connectivity index (χ3v) is 0.973. The Hall–Kier alpha value is -1.08. The molecule has 1 atom stereocenters. The average molecular weight is 128 g/mol. The minimum atomic E-state index is -1.43. The number of rotatable bonds is 3. The van der Waals surface area contributed by atoms with Crippen molar-refractivity contribution < 1.29 is 9.53 Å². The van der Waals surface area contributed by atoms with Crippen LogP contribution in [0.1, 0.15) is 13.3 Å². The molecule has 0 bridgehead atoms. The number of carbonyl (C=O) groups is 1. The summed E-state index contributed by atoms with van der Waals surface area (Å²) in [5.74, 6) is 0. The lowest BCUT2D eigenvalue weighted by atomic mass is 10.2. The molecular weight excluding hydrogens is 120 g/mol. The standard InChI is InChI=1S/C5H8N2O2/c1-2-5(7,3-6)9-4-8/h4H,2,7H2,1H3. The van der Waals surface area contributed by atoms with Crippen molar-refractivity contribution in [3.05, 3.63) is 0 Å². The maximum absolute atomic E-state index is 9.68. The molecule has 0 heterocycles. The minimum Gasteiger partial charge on any atom is -0.433 e. The molecule has 9 heavy (non-hydrogen) atoms. The summed E-state index contributed by atoms with van der Waals surface area (Å²) in [5.41, 5.74) is 3.76. The van der Waals surface area contributed by atoms with Gasteiger partial charge in [0, 0.05) is 6.42 Å². The number of nitrogens with zero attached hydrogens (tertiary/aromatic N) is 1. The van der Waals surface area contributed by atoms with Crippen LogP contribution in [0.5, 0.6) is 0 Å². The Morgan fingerprint density at radius 3 is 2.67 bits per heavy atom. The SMILES string of the molecule is CCC(N)(C#N)OC=O. The highest BCUT2D eigenvalue weighted by molar-refractivity contribution is 5.39. The van der Waals surface area contributed by atoms with E-state index < -0.39 is 5.72 Å². The summed E-state index contributed by atoms with van der Waals surface area (Å²) in [6.45, 7) is 1.83. The molecular formula is C5H8N2O2. The van der Waals surface area contributed by atoms with E-state index in [4.69, 9.17) is 11.0 Å². The minimum absolute atomic E-state index is 0.173. The van der Waals surface area contributed by atoms with Gasteiger partial charge in [0.05, 0.1) is 0 Å². The molecule has 0 aliphatic rings. The lowest BCUT2D eigenvalue weighted by Gasteiger charge is -2.15. The zero-order valence-electron chi connectivity index (χ0n) is 5.13. The van der Waals surface area contributed by atoms with Crippen LogP contribution < -0.4 is 5.73 Å². The number of carbonyl (C=O) groups excluding carboxylic acids is 1. The summed E-state index contributed by atoms with van der Waals surface area (Å²) >= 11 is 0. The summed E-state index contributed by atoms with van der Waals surface area (Å²) in [6, 6.07) is 1.65. The van der Waals surface area contributed by atoms with E-state index in [0.29, 0.717) is 6.42 Å². The third kappa shape index (κ3) is 2.11. The van der Waals surface area contributed by atoms with Gasteiger partial charge in [0.25, 0.3) is 6.47 Å². The Bertz CT molecular complexity index is 140. The molecule has 0 amide bonds. The van der Waals surface area contributed by atoms with Crippen molar-refractivity contribution in [2.75, 3.05) is 0 Å². The van der Waals surface area contributed by atoms with Gasteiger partial charge >= 0.3 is 0 Å². The molecule has 0 aromatic rings. The van der Waals surface area contributed by atoms with Crippen LogP contribution in [0.15, 0.2) is 0 Å². The van der Waals surface area contributed by atoms with Crippen LogP contribution >= 0.6 is 0 Å². The van der Waals surface area contributed by atoms with E-state index in [1.54, 1.807) is 13.0 Å². The molecule has 2 N–H and O–H groups in total. The summed E-state index contributed by atoms with van der Waals surface area (Å²) < 4.78 is 4.26. The number of hydrogen-bond donors (Lipinski definition) is 1. The molecule has 0 fully saturated rings. The van der Waals surface area contributed by atoms with Gasteiger partial charge in [-0.2, -0.15) is 5.26 Å². The maximum Gasteiger partial charge on any atom is 0.295 e. The average Bonchev–Trinajstić information content (AvgIpc) is 1.89. The molecule has 0 saturated heterocycles. The number of ether oxygens (including phenoxy) is 1. The van der Waals surface area contributed by atoms with Gasteiger partial charge < -0.3 is 4.74 Å². The van der Waals surface area contributed by atoms with Gasteiger partial charge in [0.2, 0.25) is 5.72 Å². The summed E-state index contributed by atoms with van der Waals surface area (Å²) in [4.78, 5) is 9.68. The van der Waals surface area contributed by atoms with Gasteiger partial charge in [-0.3, -0.25) is 10.5 Å². The highest BCUT2D eigenvalue weighted by Crippen LogP contribution is 2.03. The molecule has 4 heteroatoms. The Kier molecular flexibility index (Phi) is 2.68. The normalized spacial score (nSPS) is 15.2. The molecule has 50 valence electrons. The van der Waals surface area contributed by atoms with Gasteiger partial charge in [-0.05, 0) is 0 Å². The Labute approximate surface area is 53.2 Å². The lowest BCUT2D eigenvalue weighted by Crippen LogP contribution is -2.39. The fourth-order valence-electron chi connectivity index (χ4n) is 0.275. The molecule has 0 saturated carbocycles. The van der Waals surface area contributed by atoms with Crippen LogP contribution in [-0.2, 0) is 9.53 Å². The predicted molar refractivity (Wildman–Crippen MR) is 30.0 cm³/mol. The van der Waals surface area contributed by atoms with Crippen LogP contribution in [0, 0.1) is 11.3 Å². The van der Waals surface area contributed by atoms with E-state index >= 15 is 0 Å². The monoisotopic (exact) mass is 128 g/mol. The van der Waals surface area contributed by atoms with E-state index in [2.05, 4.69) is 4.74 Å². The summed E-state index contributed by atoms with van der Waals surface area (Å²) in [7, 11) is 0. The Morgan fingerprint density at radius 2 is 2.56 bits per heavy atom. The zero-order valence-corrected chi connectivity index (χ0v) is 5.13. The fourth-order valence-corrected chi connectivity index (χ4v) is 0.275. The molecule has 0 aliphatic heterocycles. The first kappa shape index (κ1) is 7.92. The quantitative estimate of drug-likeness (QED) is 0.420. The van der Waals surface area contributed by atoms with Crippen molar-refractivity contribution in [1.29, 1.82) is 5.26 Å². The zero-order chi connectivity index (χ0) is 7.33. The second-order valence-corrected chi connectivity index (χ2v) is 1.57. The Morgan fingerprint density at radius 1 is 2.00 bits per heavy atom. The number of hydrogen-bond acceptors (Lipinski definition) is 4. The van der Waals surface area contributed by atoms with E-state index in [1.165, 1.54) is 0 Å². The smallest absolute Gasteiger partial charge is 0.295 e. The molecule has 0 aromatic heterocycles. The molecule has 0 aromatic carbocycles. The van der Waals surface area contributed by atoms with Crippen molar-refractivity contribution in [1.82, 2.24) is 0 Å². The molecule has 1 unspecified atom stereocenters. The van der Waals surface area contributed by atoms with E-state index in [9.17, 15) is 4.79 Å². The fraction of sp³-hybridized carbons (Fsp3) is 0.600. The highest BCUT2D eigenvalue weighted by atomic mass is 16.5. The van der Waals surface area contributed by atoms with E-state index in [0.717, 1.165) is 0 Å². The number of nitrogens with two attached hydrogens (primary N) is 1.